The van der Waals surface area contributed by atoms with E-state index in [0.29, 0.717) is 62.1 Å². The van der Waals surface area contributed by atoms with Crippen molar-refractivity contribution in [2.75, 3.05) is 13.1 Å². The van der Waals surface area contributed by atoms with Crippen LogP contribution in [0.4, 0.5) is 4.39 Å². The van der Waals surface area contributed by atoms with Crippen molar-refractivity contribution in [1.82, 2.24) is 24.8 Å². The molecule has 5 rings (SSSR count). The summed E-state index contributed by atoms with van der Waals surface area (Å²) in [6, 6.07) is 9.99. The van der Waals surface area contributed by atoms with Crippen molar-refractivity contribution < 1.29 is 4.39 Å². The smallest absolute Gasteiger partial charge is 0.164 e. The Labute approximate surface area is 205 Å². The molecule has 2 aromatic heterocycles. The molecule has 3 heterocycles. The fourth-order valence-corrected chi connectivity index (χ4v) is 5.02. The summed E-state index contributed by atoms with van der Waals surface area (Å²) in [4.78, 5) is 14.1. The summed E-state index contributed by atoms with van der Waals surface area (Å²) in [6.45, 7) is 2.66. The molecule has 0 amide bonds. The van der Waals surface area contributed by atoms with Crippen LogP contribution >= 0.6 is 34.8 Å². The van der Waals surface area contributed by atoms with Gasteiger partial charge in [0.15, 0.2) is 5.65 Å². The monoisotopic (exact) mass is 503 g/mol. The van der Waals surface area contributed by atoms with E-state index in [-0.39, 0.29) is 5.82 Å². The Morgan fingerprint density at radius 3 is 2.64 bits per heavy atom. The molecular weight excluding hydrogens is 484 g/mol. The maximum Gasteiger partial charge on any atom is 0.164 e. The Morgan fingerprint density at radius 1 is 1.06 bits per heavy atom. The molecule has 0 spiro atoms. The molecule has 2 aromatic carbocycles. The quantitative estimate of drug-likeness (QED) is 0.350. The van der Waals surface area contributed by atoms with Gasteiger partial charge < -0.3 is 9.88 Å². The summed E-state index contributed by atoms with van der Waals surface area (Å²) in [5.74, 6) is 1.46. The third kappa shape index (κ3) is 4.71. The summed E-state index contributed by atoms with van der Waals surface area (Å²) in [5, 5.41) is 4.99. The fourth-order valence-electron chi connectivity index (χ4n) is 4.26. The van der Waals surface area contributed by atoms with Crippen molar-refractivity contribution in [1.29, 1.82) is 0 Å². The van der Waals surface area contributed by atoms with Crippen LogP contribution < -0.4 is 5.32 Å². The zero-order valence-electron chi connectivity index (χ0n) is 17.7. The molecule has 33 heavy (non-hydrogen) atoms. The van der Waals surface area contributed by atoms with Gasteiger partial charge in [0.1, 0.15) is 23.0 Å². The van der Waals surface area contributed by atoms with Crippen LogP contribution in [0.2, 0.25) is 15.1 Å². The maximum atomic E-state index is 14.1. The first-order chi connectivity index (χ1) is 16.0. The minimum atomic E-state index is -0.282. The number of aryl methyl sites for hydroxylation is 2. The lowest BCUT2D eigenvalue weighted by Gasteiger charge is -2.15. The zero-order valence-corrected chi connectivity index (χ0v) is 19.9. The van der Waals surface area contributed by atoms with Gasteiger partial charge in [0.25, 0.3) is 0 Å². The maximum absolute atomic E-state index is 14.1. The van der Waals surface area contributed by atoms with Crippen LogP contribution in [0.1, 0.15) is 17.8 Å². The van der Waals surface area contributed by atoms with Gasteiger partial charge in [-0.25, -0.2) is 19.3 Å². The van der Waals surface area contributed by atoms with Gasteiger partial charge in [0, 0.05) is 18.0 Å². The van der Waals surface area contributed by atoms with E-state index in [4.69, 9.17) is 44.8 Å². The Bertz CT molecular complexity index is 1300. The molecular formula is C24H21Cl3FN5. The molecule has 1 fully saturated rings. The molecule has 4 aromatic rings. The third-order valence-corrected chi connectivity index (χ3v) is 6.82. The van der Waals surface area contributed by atoms with Crippen molar-refractivity contribution >= 4 is 46.0 Å². The predicted molar refractivity (Wildman–Crippen MR) is 131 cm³/mol. The van der Waals surface area contributed by atoms with E-state index < -0.39 is 0 Å². The van der Waals surface area contributed by atoms with Crippen molar-refractivity contribution in [3.63, 3.8) is 0 Å². The topological polar surface area (TPSA) is 55.6 Å². The SMILES string of the molecule is Fc1ccc(Cl)cc1CCc1ncc2nc(-c3c(Cl)cccc3Cl)n(CC3CCNC3)c2n1. The molecule has 1 N–H and O–H groups in total. The Kier molecular flexibility index (Phi) is 6.52. The molecule has 5 nitrogen and oxygen atoms in total. The summed E-state index contributed by atoms with van der Waals surface area (Å²) in [5.41, 5.74) is 2.63. The minimum Gasteiger partial charge on any atom is -0.316 e. The van der Waals surface area contributed by atoms with E-state index >= 15 is 0 Å². The summed E-state index contributed by atoms with van der Waals surface area (Å²) in [6.07, 6.45) is 3.71. The number of hydrogen-bond donors (Lipinski definition) is 1. The van der Waals surface area contributed by atoms with E-state index in [1.807, 2.05) is 6.07 Å². The number of benzene rings is 2. The Morgan fingerprint density at radius 2 is 1.88 bits per heavy atom. The van der Waals surface area contributed by atoms with Crippen molar-refractivity contribution in [2.45, 2.75) is 25.8 Å². The highest BCUT2D eigenvalue weighted by atomic mass is 35.5. The molecule has 1 saturated heterocycles. The van der Waals surface area contributed by atoms with Crippen LogP contribution in [-0.4, -0.2) is 32.6 Å². The van der Waals surface area contributed by atoms with Crippen LogP contribution in [0.15, 0.2) is 42.6 Å². The number of fused-ring (bicyclic) bond motifs is 1. The van der Waals surface area contributed by atoms with E-state index in [9.17, 15) is 4.39 Å². The number of nitrogens with one attached hydrogen (secondary N) is 1. The number of aromatic nitrogens is 4. The van der Waals surface area contributed by atoms with Crippen LogP contribution in [0, 0.1) is 11.7 Å². The summed E-state index contributed by atoms with van der Waals surface area (Å²) >= 11 is 19.1. The molecule has 1 aliphatic heterocycles. The van der Waals surface area contributed by atoms with Gasteiger partial charge in [-0.2, -0.15) is 0 Å². The second-order valence-electron chi connectivity index (χ2n) is 8.23. The third-order valence-electron chi connectivity index (χ3n) is 5.95. The first kappa shape index (κ1) is 22.5. The lowest BCUT2D eigenvalue weighted by Crippen LogP contribution is -2.16. The molecule has 9 heteroatoms. The average Bonchev–Trinajstić information content (AvgIpc) is 3.43. The second-order valence-corrected chi connectivity index (χ2v) is 9.48. The highest BCUT2D eigenvalue weighted by Crippen LogP contribution is 2.36. The van der Waals surface area contributed by atoms with Gasteiger partial charge in [-0.15, -0.1) is 0 Å². The van der Waals surface area contributed by atoms with Gasteiger partial charge in [0.2, 0.25) is 0 Å². The van der Waals surface area contributed by atoms with Crippen LogP contribution in [0.25, 0.3) is 22.6 Å². The van der Waals surface area contributed by atoms with Gasteiger partial charge in [-0.05, 0) is 67.7 Å². The van der Waals surface area contributed by atoms with E-state index in [1.165, 1.54) is 6.07 Å². The molecule has 0 aliphatic carbocycles. The Hall–Kier alpha value is -2.25. The number of nitrogens with zero attached hydrogens (tertiary/aromatic N) is 4. The number of imidazole rings is 1. The van der Waals surface area contributed by atoms with E-state index in [1.54, 1.807) is 30.5 Å². The largest absolute Gasteiger partial charge is 0.316 e. The van der Waals surface area contributed by atoms with Crippen molar-refractivity contribution in [2.24, 2.45) is 5.92 Å². The van der Waals surface area contributed by atoms with Gasteiger partial charge in [-0.1, -0.05) is 40.9 Å². The van der Waals surface area contributed by atoms with Crippen LogP contribution in [-0.2, 0) is 19.4 Å². The van der Waals surface area contributed by atoms with Crippen molar-refractivity contribution in [3.05, 3.63) is 74.9 Å². The number of rotatable bonds is 6. The molecule has 1 atom stereocenters. The van der Waals surface area contributed by atoms with Gasteiger partial charge >= 0.3 is 0 Å². The van der Waals surface area contributed by atoms with Gasteiger partial charge in [0.05, 0.1) is 21.8 Å². The molecule has 1 unspecified atom stereocenters. The number of halogens is 4. The first-order valence-electron chi connectivity index (χ1n) is 10.8. The van der Waals surface area contributed by atoms with Crippen molar-refractivity contribution in [3.8, 4) is 11.4 Å². The first-order valence-corrected chi connectivity index (χ1v) is 11.9. The normalized spacial score (nSPS) is 16.1. The summed E-state index contributed by atoms with van der Waals surface area (Å²) in [7, 11) is 0. The average molecular weight is 505 g/mol. The minimum absolute atomic E-state index is 0.282. The standard InChI is InChI=1S/C24H21Cl3FN5/c25-16-5-6-19(28)15(10-16)4-7-21-30-12-20-23(32-21)33(13-14-8-9-29-11-14)24(31-20)22-17(26)2-1-3-18(22)27/h1-3,5-6,10,12,14,29H,4,7-9,11,13H2. The molecule has 0 saturated carbocycles. The highest BCUT2D eigenvalue weighted by Gasteiger charge is 2.23. The molecule has 0 radical (unpaired) electrons. The van der Waals surface area contributed by atoms with E-state index in [0.717, 1.165) is 31.7 Å². The fraction of sp³-hybridized carbons (Fsp3) is 0.292. The van der Waals surface area contributed by atoms with Crippen LogP contribution in [0.5, 0.6) is 0 Å². The predicted octanol–water partition coefficient (Wildman–Crippen LogP) is 5.99. The zero-order chi connectivity index (χ0) is 22.9. The Balaban J connectivity index is 1.54. The molecule has 0 bridgehead atoms. The second kappa shape index (κ2) is 9.55. The molecule has 170 valence electrons. The van der Waals surface area contributed by atoms with Crippen LogP contribution in [0.3, 0.4) is 0 Å². The lowest BCUT2D eigenvalue weighted by molar-refractivity contribution is 0.490. The molecule has 1 aliphatic rings. The van der Waals surface area contributed by atoms with Gasteiger partial charge in [-0.3, -0.25) is 0 Å². The number of hydrogen-bond acceptors (Lipinski definition) is 4. The summed E-state index contributed by atoms with van der Waals surface area (Å²) < 4.78 is 16.2. The van der Waals surface area contributed by atoms with E-state index in [2.05, 4.69) is 14.9 Å². The lowest BCUT2D eigenvalue weighted by atomic mass is 10.1. The highest BCUT2D eigenvalue weighted by molar-refractivity contribution is 6.39.